The fourth-order valence-electron chi connectivity index (χ4n) is 3.51. The van der Waals surface area contributed by atoms with Gasteiger partial charge in [-0.3, -0.25) is 14.4 Å². The number of hydrogen-bond donors (Lipinski definition) is 4. The predicted molar refractivity (Wildman–Crippen MR) is 101 cm³/mol. The summed E-state index contributed by atoms with van der Waals surface area (Å²) in [5.41, 5.74) is 1.23. The van der Waals surface area contributed by atoms with E-state index in [-0.39, 0.29) is 24.7 Å². The molecule has 0 bridgehead atoms. The highest BCUT2D eigenvalue weighted by Gasteiger charge is 2.37. The maximum Gasteiger partial charge on any atom is 0.303 e. The van der Waals surface area contributed by atoms with E-state index in [1.165, 1.54) is 0 Å². The first-order valence-corrected chi connectivity index (χ1v) is 9.30. The van der Waals surface area contributed by atoms with Gasteiger partial charge in [-0.1, -0.05) is 11.6 Å². The number of nitrogens with one attached hydrogen (secondary N) is 3. The maximum atomic E-state index is 12.2. The number of amides is 2. The maximum absolute atomic E-state index is 12.2. The van der Waals surface area contributed by atoms with Crippen molar-refractivity contribution in [2.24, 2.45) is 0 Å². The van der Waals surface area contributed by atoms with Crippen LogP contribution in [0, 0.1) is 0 Å². The third-order valence-corrected chi connectivity index (χ3v) is 5.23. The number of aromatic amines is 1. The molecule has 0 unspecified atom stereocenters. The van der Waals surface area contributed by atoms with Crippen LogP contribution >= 0.6 is 11.6 Å². The predicted octanol–water partition coefficient (Wildman–Crippen LogP) is 2.73. The zero-order valence-electron chi connectivity index (χ0n) is 14.8. The molecular formula is C19H22ClN3O4. The van der Waals surface area contributed by atoms with Crippen LogP contribution in [0.3, 0.4) is 0 Å². The van der Waals surface area contributed by atoms with Crippen molar-refractivity contribution < 1.29 is 19.5 Å². The molecule has 0 aliphatic carbocycles. The van der Waals surface area contributed by atoms with E-state index in [1.54, 1.807) is 6.07 Å². The fourth-order valence-corrected chi connectivity index (χ4v) is 3.69. The third-order valence-electron chi connectivity index (χ3n) is 5.00. The minimum Gasteiger partial charge on any atom is -0.481 e. The van der Waals surface area contributed by atoms with Gasteiger partial charge in [-0.25, -0.2) is 0 Å². The molecule has 1 saturated heterocycles. The van der Waals surface area contributed by atoms with Crippen molar-refractivity contribution in [2.75, 3.05) is 0 Å². The Hall–Kier alpha value is -2.54. The van der Waals surface area contributed by atoms with Crippen LogP contribution in [0.2, 0.25) is 5.02 Å². The molecule has 1 fully saturated rings. The number of H-pyrrole nitrogens is 1. The number of rotatable bonds is 8. The summed E-state index contributed by atoms with van der Waals surface area (Å²) in [6, 6.07) is 7.48. The summed E-state index contributed by atoms with van der Waals surface area (Å²) in [6.07, 6.45) is 1.91. The van der Waals surface area contributed by atoms with Crippen molar-refractivity contribution in [3.63, 3.8) is 0 Å². The number of carbonyl (C=O) groups excluding carboxylic acids is 2. The molecule has 0 spiro atoms. The molecule has 1 aromatic carbocycles. The van der Waals surface area contributed by atoms with E-state index >= 15 is 0 Å². The molecule has 27 heavy (non-hydrogen) atoms. The zero-order valence-corrected chi connectivity index (χ0v) is 15.6. The molecule has 2 aromatic rings. The molecule has 3 rings (SSSR count). The summed E-state index contributed by atoms with van der Waals surface area (Å²) in [4.78, 5) is 37.9. The number of carboxylic acids is 1. The summed E-state index contributed by atoms with van der Waals surface area (Å²) < 4.78 is 0. The Morgan fingerprint density at radius 3 is 2.70 bits per heavy atom. The molecule has 1 atom stereocenters. The van der Waals surface area contributed by atoms with Crippen LogP contribution in [0.25, 0.3) is 10.9 Å². The zero-order chi connectivity index (χ0) is 19.4. The Morgan fingerprint density at radius 1 is 1.22 bits per heavy atom. The number of aromatic nitrogens is 1. The molecule has 0 radical (unpaired) electrons. The lowest BCUT2D eigenvalue weighted by Gasteiger charge is -2.28. The molecule has 0 saturated carbocycles. The van der Waals surface area contributed by atoms with Crippen LogP contribution in [0.5, 0.6) is 0 Å². The van der Waals surface area contributed by atoms with Gasteiger partial charge >= 0.3 is 5.97 Å². The largest absolute Gasteiger partial charge is 0.481 e. The fraction of sp³-hybridized carbons (Fsp3) is 0.421. The van der Waals surface area contributed by atoms with Crippen LogP contribution in [-0.2, 0) is 20.9 Å². The highest BCUT2D eigenvalue weighted by molar-refractivity contribution is 6.31. The lowest BCUT2D eigenvalue weighted by Crippen LogP contribution is -2.43. The van der Waals surface area contributed by atoms with Gasteiger partial charge in [0.15, 0.2) is 0 Å². The lowest BCUT2D eigenvalue weighted by atomic mass is 9.86. The first kappa shape index (κ1) is 19.2. The second-order valence-electron chi connectivity index (χ2n) is 7.03. The van der Waals surface area contributed by atoms with E-state index in [1.807, 2.05) is 18.2 Å². The third kappa shape index (κ3) is 5.01. The van der Waals surface area contributed by atoms with Gasteiger partial charge in [-0.15, -0.1) is 0 Å². The molecule has 2 amide bonds. The Kier molecular flexibility index (Phi) is 5.70. The van der Waals surface area contributed by atoms with Gasteiger partial charge in [-0.05, 0) is 43.5 Å². The highest BCUT2D eigenvalue weighted by Crippen LogP contribution is 2.30. The van der Waals surface area contributed by atoms with Crippen molar-refractivity contribution >= 4 is 40.3 Å². The smallest absolute Gasteiger partial charge is 0.303 e. The van der Waals surface area contributed by atoms with Crippen molar-refractivity contribution in [2.45, 2.75) is 50.6 Å². The Balaban J connectivity index is 1.53. The van der Waals surface area contributed by atoms with Gasteiger partial charge in [0.25, 0.3) is 0 Å². The van der Waals surface area contributed by atoms with E-state index in [0.29, 0.717) is 37.3 Å². The average Bonchev–Trinajstić information content (AvgIpc) is 3.19. The van der Waals surface area contributed by atoms with Gasteiger partial charge < -0.3 is 20.7 Å². The first-order chi connectivity index (χ1) is 12.8. The molecular weight excluding hydrogens is 370 g/mol. The molecule has 144 valence electrons. The minimum absolute atomic E-state index is 0.0283. The topological polar surface area (TPSA) is 111 Å². The second-order valence-corrected chi connectivity index (χ2v) is 7.46. The number of benzene rings is 1. The van der Waals surface area contributed by atoms with Crippen LogP contribution in [0.1, 0.15) is 44.2 Å². The van der Waals surface area contributed by atoms with Crippen molar-refractivity contribution in [3.05, 3.63) is 35.0 Å². The quantitative estimate of drug-likeness (QED) is 0.554. The number of aliphatic carboxylic acids is 1. The van der Waals surface area contributed by atoms with Gasteiger partial charge in [0, 0.05) is 46.4 Å². The Morgan fingerprint density at radius 2 is 2.00 bits per heavy atom. The van der Waals surface area contributed by atoms with Crippen molar-refractivity contribution in [1.29, 1.82) is 0 Å². The number of hydrogen-bond acceptors (Lipinski definition) is 3. The molecule has 8 heteroatoms. The van der Waals surface area contributed by atoms with Crippen LogP contribution in [-0.4, -0.2) is 33.4 Å². The molecule has 2 heterocycles. The summed E-state index contributed by atoms with van der Waals surface area (Å²) in [5.74, 6) is -1.13. The highest BCUT2D eigenvalue weighted by atomic mass is 35.5. The summed E-state index contributed by atoms with van der Waals surface area (Å²) >= 11 is 5.98. The molecule has 1 aliphatic heterocycles. The summed E-state index contributed by atoms with van der Waals surface area (Å²) in [5, 5.41) is 16.3. The van der Waals surface area contributed by atoms with Crippen LogP contribution in [0.4, 0.5) is 0 Å². The number of carbonyl (C=O) groups is 3. The summed E-state index contributed by atoms with van der Waals surface area (Å²) in [7, 11) is 0. The minimum atomic E-state index is -0.904. The average molecular weight is 392 g/mol. The molecule has 7 nitrogen and oxygen atoms in total. The van der Waals surface area contributed by atoms with E-state index in [0.717, 1.165) is 16.6 Å². The van der Waals surface area contributed by atoms with Crippen molar-refractivity contribution in [1.82, 2.24) is 15.6 Å². The van der Waals surface area contributed by atoms with Gasteiger partial charge in [0.2, 0.25) is 11.8 Å². The van der Waals surface area contributed by atoms with E-state index in [9.17, 15) is 14.4 Å². The standard InChI is InChI=1S/C19H22ClN3O4/c20-13-1-2-15-12(9-13)10-14(22-15)11-21-16(24)3-6-19(8-5-18(26)27)7-4-17(25)23-19/h1-2,9-10,22H,3-8,11H2,(H,21,24)(H,23,25)(H,26,27)/t19-/m0/s1. The second kappa shape index (κ2) is 8.00. The SMILES string of the molecule is O=C(O)CC[C@]1(CCC(=O)NCc2cc3cc(Cl)ccc3[nH]2)CCC(=O)N1. The van der Waals surface area contributed by atoms with E-state index in [2.05, 4.69) is 15.6 Å². The van der Waals surface area contributed by atoms with Crippen LogP contribution < -0.4 is 10.6 Å². The monoisotopic (exact) mass is 391 g/mol. The lowest BCUT2D eigenvalue weighted by molar-refractivity contribution is -0.137. The Bertz CT molecular complexity index is 879. The van der Waals surface area contributed by atoms with Gasteiger partial charge in [-0.2, -0.15) is 0 Å². The van der Waals surface area contributed by atoms with E-state index < -0.39 is 11.5 Å². The normalized spacial score (nSPS) is 19.2. The molecule has 1 aliphatic rings. The molecule has 4 N–H and O–H groups in total. The van der Waals surface area contributed by atoms with Crippen molar-refractivity contribution in [3.8, 4) is 0 Å². The number of carboxylic acid groups (broad SMARTS) is 1. The van der Waals surface area contributed by atoms with Gasteiger partial charge in [0.1, 0.15) is 0 Å². The van der Waals surface area contributed by atoms with E-state index in [4.69, 9.17) is 16.7 Å². The Labute approximate surface area is 161 Å². The van der Waals surface area contributed by atoms with Gasteiger partial charge in [0.05, 0.1) is 6.54 Å². The first-order valence-electron chi connectivity index (χ1n) is 8.92. The van der Waals surface area contributed by atoms with Crippen LogP contribution in [0.15, 0.2) is 24.3 Å². The number of fused-ring (bicyclic) bond motifs is 1. The molecule has 1 aromatic heterocycles. The number of halogens is 1. The summed E-state index contributed by atoms with van der Waals surface area (Å²) in [6.45, 7) is 0.361.